The molecule has 1 heterocycles. The highest BCUT2D eigenvalue weighted by molar-refractivity contribution is 5.37. The highest BCUT2D eigenvalue weighted by Crippen LogP contribution is 2.13. The summed E-state index contributed by atoms with van der Waals surface area (Å²) in [6, 6.07) is 0. The van der Waals surface area contributed by atoms with Gasteiger partial charge in [-0.25, -0.2) is 0 Å². The van der Waals surface area contributed by atoms with E-state index >= 15 is 0 Å². The number of aliphatic hydroxyl groups excluding tert-OH is 1. The molecular formula is C11H23NO3. The first-order chi connectivity index (χ1) is 6.90. The average molecular weight is 217 g/mol. The highest BCUT2D eigenvalue weighted by atomic mass is 16.5. The van der Waals surface area contributed by atoms with Gasteiger partial charge in [-0.15, -0.1) is 0 Å². The summed E-state index contributed by atoms with van der Waals surface area (Å²) >= 11 is 0. The predicted octanol–water partition coefficient (Wildman–Crippen LogP) is 0.792. The summed E-state index contributed by atoms with van der Waals surface area (Å²) in [5.74, 6) is 1.18. The molecule has 4 heteroatoms. The summed E-state index contributed by atoms with van der Waals surface area (Å²) in [7, 11) is 0. The normalized spacial score (nSPS) is 25.4. The first kappa shape index (κ1) is 14.4. The molecule has 0 bridgehead atoms. The molecule has 0 saturated carbocycles. The van der Waals surface area contributed by atoms with Crippen LogP contribution in [0.2, 0.25) is 0 Å². The number of rotatable bonds is 2. The fraction of sp³-hybridized carbons (Fsp3) is 0.909. The van der Waals surface area contributed by atoms with Gasteiger partial charge in [-0.05, 0) is 39.2 Å². The Labute approximate surface area is 92.0 Å². The number of hydrogen-bond acceptors (Lipinski definition) is 4. The molecule has 1 aliphatic heterocycles. The monoisotopic (exact) mass is 217 g/mol. The lowest BCUT2D eigenvalue weighted by Crippen LogP contribution is -2.17. The molecule has 0 spiro atoms. The Balaban J connectivity index is 0.000000265. The lowest BCUT2D eigenvalue weighted by atomic mass is 10.00. The largest absolute Gasteiger partial charge is 0.462 e. The molecule has 15 heavy (non-hydrogen) atoms. The lowest BCUT2D eigenvalue weighted by Gasteiger charge is -2.14. The van der Waals surface area contributed by atoms with Gasteiger partial charge in [0.15, 0.2) is 0 Å². The second kappa shape index (κ2) is 6.80. The van der Waals surface area contributed by atoms with Crippen molar-refractivity contribution < 1.29 is 14.6 Å². The second-order valence-electron chi connectivity index (χ2n) is 4.90. The molecule has 0 aliphatic carbocycles. The van der Waals surface area contributed by atoms with E-state index in [-0.39, 0.29) is 5.60 Å². The fourth-order valence-electron chi connectivity index (χ4n) is 1.25. The number of ether oxygens (including phenoxy) is 1. The minimum Gasteiger partial charge on any atom is -0.462 e. The van der Waals surface area contributed by atoms with Crippen molar-refractivity contribution in [1.82, 2.24) is 5.32 Å². The van der Waals surface area contributed by atoms with Gasteiger partial charge in [-0.2, -0.15) is 0 Å². The third-order valence-corrected chi connectivity index (χ3v) is 2.31. The maximum atomic E-state index is 9.60. The average Bonchev–Trinajstić information content (AvgIpc) is 2.49. The van der Waals surface area contributed by atoms with Crippen LogP contribution < -0.4 is 5.32 Å². The Morgan fingerprint density at radius 1 is 1.47 bits per heavy atom. The van der Waals surface area contributed by atoms with E-state index in [1.165, 1.54) is 0 Å². The van der Waals surface area contributed by atoms with E-state index in [0.717, 1.165) is 13.1 Å². The molecule has 90 valence electrons. The molecule has 0 aromatic carbocycles. The molecule has 2 N–H and O–H groups in total. The van der Waals surface area contributed by atoms with Crippen LogP contribution in [0.3, 0.4) is 0 Å². The molecule has 1 saturated heterocycles. The smallest absolute Gasteiger partial charge is 0.293 e. The van der Waals surface area contributed by atoms with Gasteiger partial charge in [0.1, 0.15) is 5.60 Å². The van der Waals surface area contributed by atoms with Gasteiger partial charge in [0, 0.05) is 13.2 Å². The molecule has 0 aromatic rings. The zero-order chi connectivity index (χ0) is 11.9. The molecule has 1 aliphatic rings. The van der Waals surface area contributed by atoms with Gasteiger partial charge in [-0.1, -0.05) is 6.92 Å². The molecule has 0 unspecified atom stereocenters. The fourth-order valence-corrected chi connectivity index (χ4v) is 1.25. The number of hydrogen-bond donors (Lipinski definition) is 2. The molecule has 1 fully saturated rings. The Morgan fingerprint density at radius 3 is 2.20 bits per heavy atom. The van der Waals surface area contributed by atoms with Crippen LogP contribution in [0.25, 0.3) is 0 Å². The van der Waals surface area contributed by atoms with Crippen molar-refractivity contribution >= 4 is 6.47 Å². The maximum Gasteiger partial charge on any atom is 0.293 e. The first-order valence-corrected chi connectivity index (χ1v) is 5.33. The predicted molar refractivity (Wildman–Crippen MR) is 59.5 cm³/mol. The molecular weight excluding hydrogens is 194 g/mol. The number of carbonyl (C=O) groups excluding carboxylic acids is 1. The van der Waals surface area contributed by atoms with Crippen molar-refractivity contribution in [3.05, 3.63) is 0 Å². The summed E-state index contributed by atoms with van der Waals surface area (Å²) in [6.45, 7) is 10.5. The third kappa shape index (κ3) is 7.33. The molecule has 4 nitrogen and oxygen atoms in total. The molecule has 0 radical (unpaired) electrons. The van der Waals surface area contributed by atoms with Gasteiger partial charge in [0.05, 0.1) is 0 Å². The minimum absolute atomic E-state index is 0.318. The summed E-state index contributed by atoms with van der Waals surface area (Å²) in [5, 5.41) is 11.9. The standard InChI is InChI=1S/C6H13NO.C5H10O2/c1-5-2-7-3-6(5)4-8;1-5(2,3)7-4-6/h5-8H,2-4H2,1H3;4H,1-3H3/t5-,6+;/m1./s1. The Kier molecular flexibility index (Phi) is 6.52. The zero-order valence-corrected chi connectivity index (χ0v) is 10.1. The lowest BCUT2D eigenvalue weighted by molar-refractivity contribution is -0.138. The van der Waals surface area contributed by atoms with Crippen LogP contribution in [-0.2, 0) is 9.53 Å². The van der Waals surface area contributed by atoms with Crippen LogP contribution in [0.1, 0.15) is 27.7 Å². The Hall–Kier alpha value is -0.610. The summed E-state index contributed by atoms with van der Waals surface area (Å²) < 4.78 is 4.55. The van der Waals surface area contributed by atoms with Crippen molar-refractivity contribution in [2.75, 3.05) is 19.7 Å². The van der Waals surface area contributed by atoms with Crippen molar-refractivity contribution in [1.29, 1.82) is 0 Å². The van der Waals surface area contributed by atoms with E-state index in [2.05, 4.69) is 17.0 Å². The molecule has 0 aromatic heterocycles. The second-order valence-corrected chi connectivity index (χ2v) is 4.90. The van der Waals surface area contributed by atoms with Crippen LogP contribution in [0.4, 0.5) is 0 Å². The Morgan fingerprint density at radius 2 is 2.07 bits per heavy atom. The summed E-state index contributed by atoms with van der Waals surface area (Å²) in [6.07, 6.45) is 0. The van der Waals surface area contributed by atoms with Crippen molar-refractivity contribution in [3.8, 4) is 0 Å². The van der Waals surface area contributed by atoms with Crippen LogP contribution in [0.15, 0.2) is 0 Å². The van der Waals surface area contributed by atoms with Crippen LogP contribution >= 0.6 is 0 Å². The zero-order valence-electron chi connectivity index (χ0n) is 10.1. The molecule has 2 atom stereocenters. The number of aliphatic hydroxyl groups is 1. The van der Waals surface area contributed by atoms with Crippen LogP contribution in [-0.4, -0.2) is 36.9 Å². The van der Waals surface area contributed by atoms with E-state index < -0.39 is 0 Å². The van der Waals surface area contributed by atoms with Gasteiger partial charge in [-0.3, -0.25) is 4.79 Å². The summed E-state index contributed by atoms with van der Waals surface area (Å²) in [5.41, 5.74) is -0.318. The van der Waals surface area contributed by atoms with E-state index in [1.54, 1.807) is 0 Å². The quantitative estimate of drug-likeness (QED) is 0.671. The molecule has 0 amide bonds. The van der Waals surface area contributed by atoms with E-state index in [9.17, 15) is 4.79 Å². The van der Waals surface area contributed by atoms with E-state index in [4.69, 9.17) is 5.11 Å². The van der Waals surface area contributed by atoms with Crippen molar-refractivity contribution in [2.45, 2.75) is 33.3 Å². The highest BCUT2D eigenvalue weighted by Gasteiger charge is 2.21. The van der Waals surface area contributed by atoms with Gasteiger partial charge in [0.2, 0.25) is 0 Å². The number of nitrogens with one attached hydrogen (secondary N) is 1. The van der Waals surface area contributed by atoms with Gasteiger partial charge >= 0.3 is 0 Å². The Bertz CT molecular complexity index is 177. The van der Waals surface area contributed by atoms with Gasteiger partial charge in [0.25, 0.3) is 6.47 Å². The minimum atomic E-state index is -0.318. The topological polar surface area (TPSA) is 58.6 Å². The summed E-state index contributed by atoms with van der Waals surface area (Å²) in [4.78, 5) is 9.60. The molecule has 1 rings (SSSR count). The SMILES string of the molecule is CC(C)(C)OC=O.C[C@@H]1CNC[C@H]1CO. The van der Waals surface area contributed by atoms with Crippen molar-refractivity contribution in [3.63, 3.8) is 0 Å². The van der Waals surface area contributed by atoms with E-state index in [1.807, 2.05) is 20.8 Å². The first-order valence-electron chi connectivity index (χ1n) is 5.33. The number of carbonyl (C=O) groups is 1. The van der Waals surface area contributed by atoms with E-state index in [0.29, 0.717) is 24.9 Å². The van der Waals surface area contributed by atoms with Crippen LogP contribution in [0.5, 0.6) is 0 Å². The van der Waals surface area contributed by atoms with Crippen molar-refractivity contribution in [2.24, 2.45) is 11.8 Å². The maximum absolute atomic E-state index is 9.60. The third-order valence-electron chi connectivity index (χ3n) is 2.31. The van der Waals surface area contributed by atoms with Crippen LogP contribution in [0, 0.1) is 11.8 Å². The van der Waals surface area contributed by atoms with Gasteiger partial charge < -0.3 is 15.2 Å².